The number of hydrogen-bond donors (Lipinski definition) is 1. The maximum absolute atomic E-state index is 5.86. The van der Waals surface area contributed by atoms with Gasteiger partial charge in [0.1, 0.15) is 23.9 Å². The van der Waals surface area contributed by atoms with Crippen molar-refractivity contribution < 1.29 is 14.2 Å². The first-order valence-corrected chi connectivity index (χ1v) is 6.89. The van der Waals surface area contributed by atoms with Crippen molar-refractivity contribution in [3.8, 4) is 17.2 Å². The Morgan fingerprint density at radius 2 is 1.43 bits per heavy atom. The highest BCUT2D eigenvalue weighted by molar-refractivity contribution is 5.42. The first-order valence-electron chi connectivity index (χ1n) is 6.89. The van der Waals surface area contributed by atoms with E-state index in [-0.39, 0.29) is 0 Å². The van der Waals surface area contributed by atoms with Gasteiger partial charge in [-0.05, 0) is 24.1 Å². The Morgan fingerprint density at radius 3 is 2.00 bits per heavy atom. The maximum atomic E-state index is 5.86. The third-order valence-electron chi connectivity index (χ3n) is 3.25. The van der Waals surface area contributed by atoms with Crippen molar-refractivity contribution >= 4 is 0 Å². The highest BCUT2D eigenvalue weighted by Crippen LogP contribution is 2.28. The molecule has 4 heteroatoms. The number of methoxy groups -OCH3 is 2. The zero-order chi connectivity index (χ0) is 15.1. The molecule has 0 radical (unpaired) electrons. The molecule has 2 aromatic carbocycles. The summed E-state index contributed by atoms with van der Waals surface area (Å²) in [7, 11) is 3.24. The van der Waals surface area contributed by atoms with Crippen molar-refractivity contribution in [3.63, 3.8) is 0 Å². The van der Waals surface area contributed by atoms with Gasteiger partial charge in [0, 0.05) is 18.2 Å². The molecular weight excluding hydrogens is 266 g/mol. The third-order valence-corrected chi connectivity index (χ3v) is 3.25. The second-order valence-corrected chi connectivity index (χ2v) is 4.64. The molecule has 112 valence electrons. The molecule has 0 heterocycles. The Hall–Kier alpha value is -2.20. The van der Waals surface area contributed by atoms with E-state index in [1.54, 1.807) is 14.2 Å². The molecule has 21 heavy (non-hydrogen) atoms. The van der Waals surface area contributed by atoms with Crippen LogP contribution < -0.4 is 19.9 Å². The molecule has 2 N–H and O–H groups in total. The summed E-state index contributed by atoms with van der Waals surface area (Å²) in [5.74, 6) is 2.13. The van der Waals surface area contributed by atoms with E-state index in [2.05, 4.69) is 12.1 Å². The van der Waals surface area contributed by atoms with Crippen molar-refractivity contribution in [2.24, 2.45) is 5.73 Å². The predicted molar refractivity (Wildman–Crippen MR) is 83.1 cm³/mol. The van der Waals surface area contributed by atoms with E-state index in [0.29, 0.717) is 30.4 Å². The van der Waals surface area contributed by atoms with Crippen molar-refractivity contribution in [2.75, 3.05) is 20.8 Å². The molecule has 0 fully saturated rings. The van der Waals surface area contributed by atoms with E-state index in [0.717, 1.165) is 12.0 Å². The van der Waals surface area contributed by atoms with Gasteiger partial charge in [-0.25, -0.2) is 0 Å². The third kappa shape index (κ3) is 4.13. The summed E-state index contributed by atoms with van der Waals surface area (Å²) >= 11 is 0. The van der Waals surface area contributed by atoms with E-state index in [9.17, 15) is 0 Å². The number of rotatable bonds is 7. The normalized spacial score (nSPS) is 10.2. The van der Waals surface area contributed by atoms with E-state index < -0.39 is 0 Å². The monoisotopic (exact) mass is 287 g/mol. The van der Waals surface area contributed by atoms with Crippen LogP contribution in [0.15, 0.2) is 42.5 Å². The summed E-state index contributed by atoms with van der Waals surface area (Å²) in [5, 5.41) is 0. The van der Waals surface area contributed by atoms with Crippen LogP contribution in [-0.2, 0) is 13.0 Å². The summed E-state index contributed by atoms with van der Waals surface area (Å²) in [6.45, 7) is 1.12. The fourth-order valence-corrected chi connectivity index (χ4v) is 2.12. The molecule has 0 bridgehead atoms. The van der Waals surface area contributed by atoms with Gasteiger partial charge in [0.25, 0.3) is 0 Å². The predicted octanol–water partition coefficient (Wildman–Crippen LogP) is 2.78. The molecule has 2 rings (SSSR count). The summed E-state index contributed by atoms with van der Waals surface area (Å²) in [6, 6.07) is 13.7. The molecule has 0 aromatic heterocycles. The molecule has 0 amide bonds. The Bertz CT molecular complexity index is 562. The van der Waals surface area contributed by atoms with E-state index in [4.69, 9.17) is 19.9 Å². The quantitative estimate of drug-likeness (QED) is 0.851. The maximum Gasteiger partial charge on any atom is 0.127 e. The van der Waals surface area contributed by atoms with Gasteiger partial charge in [-0.1, -0.05) is 24.3 Å². The fraction of sp³-hybridized carbons (Fsp3) is 0.294. The average Bonchev–Trinajstić information content (AvgIpc) is 2.54. The Morgan fingerprint density at radius 1 is 0.857 bits per heavy atom. The Kier molecular flexibility index (Phi) is 5.46. The van der Waals surface area contributed by atoms with Gasteiger partial charge in [-0.3, -0.25) is 0 Å². The van der Waals surface area contributed by atoms with Crippen LogP contribution in [0.1, 0.15) is 11.1 Å². The highest BCUT2D eigenvalue weighted by Gasteiger charge is 2.05. The van der Waals surface area contributed by atoms with Crippen LogP contribution in [0.4, 0.5) is 0 Å². The summed E-state index contributed by atoms with van der Waals surface area (Å²) in [5.41, 5.74) is 8.00. The van der Waals surface area contributed by atoms with Crippen LogP contribution in [0.2, 0.25) is 0 Å². The molecule has 0 spiro atoms. The molecule has 0 saturated heterocycles. The zero-order valence-corrected chi connectivity index (χ0v) is 12.5. The number of hydrogen-bond acceptors (Lipinski definition) is 4. The van der Waals surface area contributed by atoms with Gasteiger partial charge in [0.05, 0.1) is 14.2 Å². The number of nitrogens with two attached hydrogens (primary N) is 1. The van der Waals surface area contributed by atoms with Crippen LogP contribution in [0.25, 0.3) is 0 Å². The molecule has 0 aliphatic heterocycles. The van der Waals surface area contributed by atoms with Gasteiger partial charge in [0.15, 0.2) is 0 Å². The lowest BCUT2D eigenvalue weighted by atomic mass is 10.1. The average molecular weight is 287 g/mol. The number of benzene rings is 2. The van der Waals surface area contributed by atoms with E-state index in [1.807, 2.05) is 30.3 Å². The molecule has 2 aromatic rings. The lowest BCUT2D eigenvalue weighted by molar-refractivity contribution is 0.299. The second-order valence-electron chi connectivity index (χ2n) is 4.64. The topological polar surface area (TPSA) is 53.7 Å². The Balaban J connectivity index is 2.12. The van der Waals surface area contributed by atoms with Crippen molar-refractivity contribution in [2.45, 2.75) is 13.0 Å². The standard InChI is InChI=1S/C17H21NO3/c1-19-15-9-16(20-2)11-17(10-15)21-12-14-6-4-3-5-13(14)7-8-18/h3-6,9-11H,7-8,12,18H2,1-2H3. The lowest BCUT2D eigenvalue weighted by Gasteiger charge is -2.12. The molecular formula is C17H21NO3. The van der Waals surface area contributed by atoms with Crippen LogP contribution in [0, 0.1) is 0 Å². The van der Waals surface area contributed by atoms with E-state index >= 15 is 0 Å². The summed E-state index contributed by atoms with van der Waals surface area (Å²) < 4.78 is 16.3. The molecule has 0 saturated carbocycles. The minimum absolute atomic E-state index is 0.493. The summed E-state index contributed by atoms with van der Waals surface area (Å²) in [4.78, 5) is 0. The molecule has 0 aliphatic rings. The first kappa shape index (κ1) is 15.2. The van der Waals surface area contributed by atoms with Crippen molar-refractivity contribution in [1.29, 1.82) is 0 Å². The highest BCUT2D eigenvalue weighted by atomic mass is 16.5. The van der Waals surface area contributed by atoms with Crippen LogP contribution in [0.5, 0.6) is 17.2 Å². The largest absolute Gasteiger partial charge is 0.496 e. The second kappa shape index (κ2) is 7.55. The van der Waals surface area contributed by atoms with Crippen LogP contribution >= 0.6 is 0 Å². The fourth-order valence-electron chi connectivity index (χ4n) is 2.12. The smallest absolute Gasteiger partial charge is 0.127 e. The molecule has 0 aliphatic carbocycles. The van der Waals surface area contributed by atoms with Crippen LogP contribution in [-0.4, -0.2) is 20.8 Å². The minimum Gasteiger partial charge on any atom is -0.496 e. The van der Waals surface area contributed by atoms with Gasteiger partial charge in [-0.15, -0.1) is 0 Å². The van der Waals surface area contributed by atoms with Gasteiger partial charge in [0.2, 0.25) is 0 Å². The SMILES string of the molecule is COc1cc(OC)cc(OCc2ccccc2CCN)c1. The van der Waals surface area contributed by atoms with Crippen LogP contribution in [0.3, 0.4) is 0 Å². The van der Waals surface area contributed by atoms with Crippen molar-refractivity contribution in [1.82, 2.24) is 0 Å². The number of ether oxygens (including phenoxy) is 3. The zero-order valence-electron chi connectivity index (χ0n) is 12.5. The first-order chi connectivity index (χ1) is 10.3. The van der Waals surface area contributed by atoms with Gasteiger partial charge in [-0.2, -0.15) is 0 Å². The lowest BCUT2D eigenvalue weighted by Crippen LogP contribution is -2.07. The van der Waals surface area contributed by atoms with Gasteiger partial charge >= 0.3 is 0 Å². The Labute approximate surface area is 125 Å². The molecule has 0 atom stereocenters. The van der Waals surface area contributed by atoms with E-state index in [1.165, 1.54) is 5.56 Å². The van der Waals surface area contributed by atoms with Crippen molar-refractivity contribution in [3.05, 3.63) is 53.6 Å². The molecule has 0 unspecified atom stereocenters. The minimum atomic E-state index is 0.493. The summed E-state index contributed by atoms with van der Waals surface area (Å²) in [6.07, 6.45) is 0.848. The molecule has 4 nitrogen and oxygen atoms in total. The van der Waals surface area contributed by atoms with Gasteiger partial charge < -0.3 is 19.9 Å².